The third-order valence-electron chi connectivity index (χ3n) is 3.42. The predicted octanol–water partition coefficient (Wildman–Crippen LogP) is 3.16. The molecule has 0 fully saturated rings. The van der Waals surface area contributed by atoms with Crippen molar-refractivity contribution in [2.24, 2.45) is 0 Å². The van der Waals surface area contributed by atoms with Crippen molar-refractivity contribution in [2.75, 3.05) is 6.54 Å². The first-order chi connectivity index (χ1) is 12.7. The fourth-order valence-corrected chi connectivity index (χ4v) is 4.34. The Kier molecular flexibility index (Phi) is 7.19. The molecule has 2 aromatic rings. The maximum absolute atomic E-state index is 12.3. The molecular formula is C16H15ClN2O6S2. The van der Waals surface area contributed by atoms with Crippen LogP contribution in [0.5, 0.6) is 0 Å². The van der Waals surface area contributed by atoms with Crippen LogP contribution < -0.4 is 4.72 Å². The van der Waals surface area contributed by atoms with Gasteiger partial charge < -0.3 is 5.11 Å². The van der Waals surface area contributed by atoms with E-state index in [0.29, 0.717) is 0 Å². The molecule has 0 bridgehead atoms. The number of thioether (sulfide) groups is 1. The second kappa shape index (κ2) is 9.18. The number of carbonyl (C=O) groups is 1. The van der Waals surface area contributed by atoms with Crippen molar-refractivity contribution in [1.29, 1.82) is 0 Å². The van der Waals surface area contributed by atoms with Gasteiger partial charge in [0.1, 0.15) is 10.3 Å². The Morgan fingerprint density at radius 1 is 1.26 bits per heavy atom. The quantitative estimate of drug-likeness (QED) is 0.355. The second-order valence-electron chi connectivity index (χ2n) is 5.31. The summed E-state index contributed by atoms with van der Waals surface area (Å²) in [5.41, 5.74) is -0.525. The van der Waals surface area contributed by atoms with Crippen LogP contribution in [0.2, 0.25) is 5.02 Å². The van der Waals surface area contributed by atoms with Gasteiger partial charge in [0.25, 0.3) is 5.69 Å². The number of carboxylic acid groups (broad SMARTS) is 1. The highest BCUT2D eigenvalue weighted by Crippen LogP contribution is 2.28. The number of carboxylic acids is 1. The first-order valence-electron chi connectivity index (χ1n) is 7.59. The van der Waals surface area contributed by atoms with Gasteiger partial charge in [0.05, 0.1) is 9.82 Å². The van der Waals surface area contributed by atoms with E-state index >= 15 is 0 Å². The average Bonchev–Trinajstić information content (AvgIpc) is 2.61. The Morgan fingerprint density at radius 2 is 1.93 bits per heavy atom. The van der Waals surface area contributed by atoms with Crippen LogP contribution in [0.4, 0.5) is 5.69 Å². The third-order valence-corrected chi connectivity index (χ3v) is 6.46. The van der Waals surface area contributed by atoms with Crippen LogP contribution in [0, 0.1) is 10.1 Å². The molecule has 2 aromatic carbocycles. The van der Waals surface area contributed by atoms with Crippen molar-refractivity contribution in [1.82, 2.24) is 4.72 Å². The van der Waals surface area contributed by atoms with E-state index in [1.165, 1.54) is 0 Å². The zero-order valence-electron chi connectivity index (χ0n) is 13.7. The van der Waals surface area contributed by atoms with Gasteiger partial charge in [-0.05, 0) is 30.7 Å². The van der Waals surface area contributed by atoms with Crippen LogP contribution in [0.1, 0.15) is 6.42 Å². The van der Waals surface area contributed by atoms with E-state index in [2.05, 4.69) is 4.72 Å². The molecule has 144 valence electrons. The lowest BCUT2D eigenvalue weighted by Gasteiger charge is -2.13. The highest BCUT2D eigenvalue weighted by molar-refractivity contribution is 8.00. The maximum Gasteiger partial charge on any atom is 0.317 e. The minimum atomic E-state index is -4.04. The van der Waals surface area contributed by atoms with Gasteiger partial charge in [0.15, 0.2) is 0 Å². The van der Waals surface area contributed by atoms with Crippen molar-refractivity contribution in [3.05, 3.63) is 63.7 Å². The molecule has 0 aromatic heterocycles. The molecule has 1 atom stereocenters. The molecule has 0 aliphatic rings. The molecule has 0 saturated carbocycles. The fourth-order valence-electron chi connectivity index (χ4n) is 2.10. The molecule has 2 rings (SSSR count). The number of rotatable bonds is 9. The molecule has 2 N–H and O–H groups in total. The predicted molar refractivity (Wildman–Crippen MR) is 102 cm³/mol. The molecule has 0 aliphatic carbocycles. The molecule has 27 heavy (non-hydrogen) atoms. The molecule has 0 saturated heterocycles. The lowest BCUT2D eigenvalue weighted by molar-refractivity contribution is -0.384. The van der Waals surface area contributed by atoms with Crippen molar-refractivity contribution >= 4 is 45.0 Å². The van der Waals surface area contributed by atoms with Crippen LogP contribution in [-0.2, 0) is 14.8 Å². The number of hydrogen-bond acceptors (Lipinski definition) is 6. The van der Waals surface area contributed by atoms with Gasteiger partial charge in [-0.3, -0.25) is 14.9 Å². The topological polar surface area (TPSA) is 127 Å². The van der Waals surface area contributed by atoms with Gasteiger partial charge in [-0.25, -0.2) is 13.1 Å². The van der Waals surface area contributed by atoms with Crippen LogP contribution >= 0.6 is 23.4 Å². The summed E-state index contributed by atoms with van der Waals surface area (Å²) in [4.78, 5) is 21.9. The van der Waals surface area contributed by atoms with E-state index in [1.807, 2.05) is 0 Å². The highest BCUT2D eigenvalue weighted by Gasteiger charge is 2.23. The Labute approximate surface area is 164 Å². The monoisotopic (exact) mass is 430 g/mol. The fraction of sp³-hybridized carbons (Fsp3) is 0.188. The third kappa shape index (κ3) is 5.93. The van der Waals surface area contributed by atoms with E-state index in [1.54, 1.807) is 30.3 Å². The normalized spacial score (nSPS) is 12.5. The Morgan fingerprint density at radius 3 is 2.52 bits per heavy atom. The number of nitrogens with zero attached hydrogens (tertiary/aromatic N) is 1. The summed E-state index contributed by atoms with van der Waals surface area (Å²) in [6, 6.07) is 12.0. The largest absolute Gasteiger partial charge is 0.480 e. The number of halogens is 1. The van der Waals surface area contributed by atoms with Crippen LogP contribution in [0.25, 0.3) is 0 Å². The van der Waals surface area contributed by atoms with Gasteiger partial charge in [0.2, 0.25) is 10.0 Å². The smallest absolute Gasteiger partial charge is 0.317 e. The van der Waals surface area contributed by atoms with E-state index < -0.39 is 31.9 Å². The number of hydrogen-bond donors (Lipinski definition) is 2. The molecule has 0 spiro atoms. The SMILES string of the molecule is O=C(O)C(CCNS(=O)(=O)c1ccc(Cl)c([N+](=O)[O-])c1)Sc1ccccc1. The molecule has 1 unspecified atom stereocenters. The molecule has 11 heteroatoms. The van der Waals surface area contributed by atoms with E-state index in [-0.39, 0.29) is 22.9 Å². The Bertz CT molecular complexity index is 937. The van der Waals surface area contributed by atoms with Crippen LogP contribution in [-0.4, -0.2) is 36.2 Å². The number of aliphatic carboxylic acids is 1. The number of sulfonamides is 1. The minimum absolute atomic E-state index is 0.0316. The van der Waals surface area contributed by atoms with E-state index in [4.69, 9.17) is 11.6 Å². The molecular weight excluding hydrogens is 416 g/mol. The molecule has 0 aliphatic heterocycles. The van der Waals surface area contributed by atoms with Gasteiger partial charge >= 0.3 is 5.97 Å². The summed E-state index contributed by atoms with van der Waals surface area (Å²) in [7, 11) is -4.04. The van der Waals surface area contributed by atoms with Crippen molar-refractivity contribution in [3.8, 4) is 0 Å². The van der Waals surface area contributed by atoms with E-state index in [9.17, 15) is 28.4 Å². The molecule has 0 amide bonds. The summed E-state index contributed by atoms with van der Waals surface area (Å²) < 4.78 is 26.9. The maximum atomic E-state index is 12.3. The number of nitro benzene ring substituents is 1. The zero-order valence-corrected chi connectivity index (χ0v) is 16.1. The lowest BCUT2D eigenvalue weighted by Crippen LogP contribution is -2.29. The van der Waals surface area contributed by atoms with Gasteiger partial charge in [-0.2, -0.15) is 0 Å². The van der Waals surface area contributed by atoms with Crippen molar-refractivity contribution in [3.63, 3.8) is 0 Å². The van der Waals surface area contributed by atoms with Crippen molar-refractivity contribution < 1.29 is 23.2 Å². The number of nitro groups is 1. The van der Waals surface area contributed by atoms with E-state index in [0.717, 1.165) is 34.9 Å². The molecule has 0 radical (unpaired) electrons. The minimum Gasteiger partial charge on any atom is -0.480 e. The van der Waals surface area contributed by atoms with Crippen LogP contribution in [0.15, 0.2) is 58.3 Å². The lowest BCUT2D eigenvalue weighted by atomic mass is 10.3. The molecule has 8 nitrogen and oxygen atoms in total. The first-order valence-corrected chi connectivity index (χ1v) is 10.3. The second-order valence-corrected chi connectivity index (χ2v) is 8.76. The summed E-state index contributed by atoms with van der Waals surface area (Å²) in [6.45, 7) is -0.143. The summed E-state index contributed by atoms with van der Waals surface area (Å²) in [5.74, 6) is -1.06. The summed E-state index contributed by atoms with van der Waals surface area (Å²) in [5, 5.41) is 19.2. The number of nitrogens with one attached hydrogen (secondary N) is 1. The Balaban J connectivity index is 2.04. The van der Waals surface area contributed by atoms with Crippen LogP contribution in [0.3, 0.4) is 0 Å². The average molecular weight is 431 g/mol. The van der Waals surface area contributed by atoms with Crippen molar-refractivity contribution in [2.45, 2.75) is 21.5 Å². The van der Waals surface area contributed by atoms with Gasteiger partial charge in [-0.1, -0.05) is 29.8 Å². The van der Waals surface area contributed by atoms with Gasteiger partial charge in [-0.15, -0.1) is 11.8 Å². The highest BCUT2D eigenvalue weighted by atomic mass is 35.5. The number of benzene rings is 2. The summed E-state index contributed by atoms with van der Waals surface area (Å²) in [6.07, 6.45) is 0.0316. The zero-order chi connectivity index (χ0) is 20.0. The Hall–Kier alpha value is -2.14. The van der Waals surface area contributed by atoms with Gasteiger partial charge in [0, 0.05) is 17.5 Å². The summed E-state index contributed by atoms with van der Waals surface area (Å²) >= 11 is 6.78. The first kappa shape index (κ1) is 21.2. The standard InChI is InChI=1S/C16H15ClN2O6S2/c17-13-7-6-12(10-14(13)19(22)23)27(24,25)18-9-8-15(16(20)21)26-11-4-2-1-3-5-11/h1-7,10,15,18H,8-9H2,(H,20,21). The molecule has 0 heterocycles.